The highest BCUT2D eigenvalue weighted by Crippen LogP contribution is 2.17. The van der Waals surface area contributed by atoms with Crippen LogP contribution in [0.2, 0.25) is 0 Å². The first-order chi connectivity index (χ1) is 13.0. The van der Waals surface area contributed by atoms with Crippen molar-refractivity contribution in [2.24, 2.45) is 13.0 Å². The number of anilines is 1. The van der Waals surface area contributed by atoms with Crippen LogP contribution in [0.3, 0.4) is 0 Å². The summed E-state index contributed by atoms with van der Waals surface area (Å²) >= 11 is 0. The molecule has 1 aliphatic rings. The molecule has 8 heteroatoms. The number of rotatable bonds is 6. The molecular formula is C19H29N7O. The van der Waals surface area contributed by atoms with Gasteiger partial charge in [-0.15, -0.1) is 0 Å². The lowest BCUT2D eigenvalue weighted by Crippen LogP contribution is -2.52. The normalized spacial score (nSPS) is 17.2. The SMILES string of the molecule is CC(C)CN(Cc1cnn(C)c1)C(=O)N[C@H]1CCCN(c2cnccn2)C1. The molecule has 1 atom stereocenters. The van der Waals surface area contributed by atoms with Crippen LogP contribution in [0, 0.1) is 5.92 Å². The molecule has 1 saturated heterocycles. The zero-order valence-electron chi connectivity index (χ0n) is 16.4. The maximum atomic E-state index is 12.9. The van der Waals surface area contributed by atoms with Crippen molar-refractivity contribution in [3.63, 3.8) is 0 Å². The van der Waals surface area contributed by atoms with Gasteiger partial charge in [-0.25, -0.2) is 9.78 Å². The number of carbonyl (C=O) groups excluding carboxylic acids is 1. The summed E-state index contributed by atoms with van der Waals surface area (Å²) in [5.74, 6) is 1.26. The summed E-state index contributed by atoms with van der Waals surface area (Å²) < 4.78 is 1.76. The lowest BCUT2D eigenvalue weighted by Gasteiger charge is -2.35. The van der Waals surface area contributed by atoms with E-state index in [4.69, 9.17) is 0 Å². The van der Waals surface area contributed by atoms with Crippen molar-refractivity contribution in [3.8, 4) is 0 Å². The van der Waals surface area contributed by atoms with Gasteiger partial charge >= 0.3 is 6.03 Å². The number of urea groups is 1. The molecule has 0 spiro atoms. The maximum Gasteiger partial charge on any atom is 0.317 e. The molecule has 3 heterocycles. The molecule has 0 unspecified atom stereocenters. The van der Waals surface area contributed by atoms with Gasteiger partial charge < -0.3 is 15.1 Å². The predicted molar refractivity (Wildman–Crippen MR) is 104 cm³/mol. The number of piperidine rings is 1. The first-order valence-electron chi connectivity index (χ1n) is 9.55. The van der Waals surface area contributed by atoms with Crippen molar-refractivity contribution < 1.29 is 4.79 Å². The van der Waals surface area contributed by atoms with Crippen LogP contribution in [-0.2, 0) is 13.6 Å². The van der Waals surface area contributed by atoms with Crippen LogP contribution >= 0.6 is 0 Å². The third-order valence-corrected chi connectivity index (χ3v) is 4.63. The molecule has 1 fully saturated rings. The Morgan fingerprint density at radius 1 is 1.37 bits per heavy atom. The quantitative estimate of drug-likeness (QED) is 0.841. The summed E-state index contributed by atoms with van der Waals surface area (Å²) in [6.07, 6.45) is 10.9. The van der Waals surface area contributed by atoms with E-state index < -0.39 is 0 Å². The van der Waals surface area contributed by atoms with Gasteiger partial charge in [0, 0.05) is 56.9 Å². The van der Waals surface area contributed by atoms with E-state index in [-0.39, 0.29) is 12.1 Å². The Labute approximate surface area is 160 Å². The zero-order valence-corrected chi connectivity index (χ0v) is 16.4. The number of hydrogen-bond donors (Lipinski definition) is 1. The molecule has 3 rings (SSSR count). The van der Waals surface area contributed by atoms with Gasteiger partial charge in [0.15, 0.2) is 0 Å². The monoisotopic (exact) mass is 371 g/mol. The molecule has 1 N–H and O–H groups in total. The van der Waals surface area contributed by atoms with Crippen molar-refractivity contribution >= 4 is 11.8 Å². The second-order valence-electron chi connectivity index (χ2n) is 7.59. The highest BCUT2D eigenvalue weighted by molar-refractivity contribution is 5.74. The van der Waals surface area contributed by atoms with Gasteiger partial charge in [-0.3, -0.25) is 9.67 Å². The summed E-state index contributed by atoms with van der Waals surface area (Å²) in [5.41, 5.74) is 1.04. The van der Waals surface area contributed by atoms with Gasteiger partial charge in [-0.05, 0) is 18.8 Å². The molecule has 8 nitrogen and oxygen atoms in total. The van der Waals surface area contributed by atoms with Gasteiger partial charge in [0.25, 0.3) is 0 Å². The van der Waals surface area contributed by atoms with Crippen LogP contribution in [0.25, 0.3) is 0 Å². The van der Waals surface area contributed by atoms with E-state index in [9.17, 15) is 4.79 Å². The number of aromatic nitrogens is 4. The molecule has 0 saturated carbocycles. The summed E-state index contributed by atoms with van der Waals surface area (Å²) in [6.45, 7) is 7.23. The van der Waals surface area contributed by atoms with Gasteiger partial charge in [-0.1, -0.05) is 13.8 Å². The van der Waals surface area contributed by atoms with Crippen molar-refractivity contribution in [2.45, 2.75) is 39.3 Å². The molecule has 0 radical (unpaired) electrons. The van der Waals surface area contributed by atoms with Gasteiger partial charge in [-0.2, -0.15) is 5.10 Å². The molecular weight excluding hydrogens is 342 g/mol. The Balaban J connectivity index is 1.61. The number of hydrogen-bond acceptors (Lipinski definition) is 5. The fourth-order valence-electron chi connectivity index (χ4n) is 3.46. The minimum Gasteiger partial charge on any atom is -0.353 e. The number of nitrogens with zero attached hydrogens (tertiary/aromatic N) is 6. The highest BCUT2D eigenvalue weighted by Gasteiger charge is 2.25. The lowest BCUT2D eigenvalue weighted by atomic mass is 10.1. The van der Waals surface area contributed by atoms with Gasteiger partial charge in [0.05, 0.1) is 18.9 Å². The lowest BCUT2D eigenvalue weighted by molar-refractivity contribution is 0.182. The first kappa shape index (κ1) is 19.1. The second kappa shape index (κ2) is 8.83. The third-order valence-electron chi connectivity index (χ3n) is 4.63. The van der Waals surface area contributed by atoms with Crippen molar-refractivity contribution in [3.05, 3.63) is 36.5 Å². The summed E-state index contributed by atoms with van der Waals surface area (Å²) in [5, 5.41) is 7.43. The molecule has 146 valence electrons. The van der Waals surface area contributed by atoms with Crippen molar-refractivity contribution in [2.75, 3.05) is 24.5 Å². The Hall–Kier alpha value is -2.64. The smallest absolute Gasteiger partial charge is 0.317 e. The van der Waals surface area contributed by atoms with Crippen LogP contribution in [0.4, 0.5) is 10.6 Å². The zero-order chi connectivity index (χ0) is 19.2. The number of nitrogens with one attached hydrogen (secondary N) is 1. The van der Waals surface area contributed by atoms with E-state index in [1.165, 1.54) is 0 Å². The molecule has 2 amide bonds. The van der Waals surface area contributed by atoms with Crippen LogP contribution in [0.15, 0.2) is 31.0 Å². The van der Waals surface area contributed by atoms with Crippen LogP contribution in [-0.4, -0.2) is 56.4 Å². The largest absolute Gasteiger partial charge is 0.353 e. The fraction of sp³-hybridized carbons (Fsp3) is 0.579. The Morgan fingerprint density at radius 3 is 2.89 bits per heavy atom. The summed E-state index contributed by atoms with van der Waals surface area (Å²) in [6, 6.07) is 0.0929. The Morgan fingerprint density at radius 2 is 2.22 bits per heavy atom. The third kappa shape index (κ3) is 5.42. The first-order valence-corrected chi connectivity index (χ1v) is 9.55. The Bertz CT molecular complexity index is 731. The highest BCUT2D eigenvalue weighted by atomic mass is 16.2. The number of carbonyl (C=O) groups is 1. The van der Waals surface area contributed by atoms with E-state index in [2.05, 4.69) is 39.1 Å². The van der Waals surface area contributed by atoms with E-state index in [1.807, 2.05) is 24.3 Å². The molecule has 1 aliphatic heterocycles. The van der Waals surface area contributed by atoms with E-state index >= 15 is 0 Å². The van der Waals surface area contributed by atoms with Gasteiger partial charge in [0.1, 0.15) is 5.82 Å². The molecule has 0 aromatic carbocycles. The molecule has 2 aromatic heterocycles. The number of amides is 2. The average Bonchev–Trinajstić information content (AvgIpc) is 3.06. The molecule has 2 aromatic rings. The van der Waals surface area contributed by atoms with Crippen LogP contribution in [0.1, 0.15) is 32.3 Å². The van der Waals surface area contributed by atoms with E-state index in [1.54, 1.807) is 23.3 Å². The number of aryl methyl sites for hydroxylation is 1. The Kier molecular flexibility index (Phi) is 6.26. The molecule has 0 aliphatic carbocycles. The standard InChI is InChI=1S/C19H29N7O/c1-15(2)11-26(13-16-9-22-24(3)12-16)19(27)23-17-5-4-8-25(14-17)18-10-20-6-7-21-18/h6-7,9-10,12,15,17H,4-5,8,11,13-14H2,1-3H3,(H,23,27)/t17-/m0/s1. The van der Waals surface area contributed by atoms with E-state index in [0.717, 1.165) is 37.3 Å². The van der Waals surface area contributed by atoms with E-state index in [0.29, 0.717) is 19.0 Å². The van der Waals surface area contributed by atoms with Crippen LogP contribution in [0.5, 0.6) is 0 Å². The van der Waals surface area contributed by atoms with Crippen molar-refractivity contribution in [1.29, 1.82) is 0 Å². The fourth-order valence-corrected chi connectivity index (χ4v) is 3.46. The van der Waals surface area contributed by atoms with Crippen LogP contribution < -0.4 is 10.2 Å². The second-order valence-corrected chi connectivity index (χ2v) is 7.59. The topological polar surface area (TPSA) is 79.2 Å². The molecule has 27 heavy (non-hydrogen) atoms. The summed E-state index contributed by atoms with van der Waals surface area (Å²) in [4.78, 5) is 25.5. The van der Waals surface area contributed by atoms with Crippen molar-refractivity contribution in [1.82, 2.24) is 30.0 Å². The minimum absolute atomic E-state index is 0.0152. The maximum absolute atomic E-state index is 12.9. The average molecular weight is 371 g/mol. The predicted octanol–water partition coefficient (Wildman–Crippen LogP) is 2.05. The van der Waals surface area contributed by atoms with Gasteiger partial charge in [0.2, 0.25) is 0 Å². The minimum atomic E-state index is -0.0152. The summed E-state index contributed by atoms with van der Waals surface area (Å²) in [7, 11) is 1.89. The molecule has 0 bridgehead atoms.